The van der Waals surface area contributed by atoms with Gasteiger partial charge in [0.15, 0.2) is 0 Å². The third kappa shape index (κ3) is 3.50. The lowest BCUT2D eigenvalue weighted by molar-refractivity contribution is 0.0710. The van der Waals surface area contributed by atoms with Crippen LogP contribution in [-0.4, -0.2) is 27.5 Å². The number of carbonyl (C=O) groups is 1. The maximum atomic E-state index is 13.0. The van der Waals surface area contributed by atoms with Gasteiger partial charge in [-0.2, -0.15) is 4.98 Å². The number of amides is 1. The van der Waals surface area contributed by atoms with E-state index in [9.17, 15) is 4.79 Å². The van der Waals surface area contributed by atoms with Crippen LogP contribution in [0.4, 0.5) is 0 Å². The normalized spacial score (nSPS) is 16.7. The maximum Gasteiger partial charge on any atom is 0.254 e. The second-order valence-corrected chi connectivity index (χ2v) is 7.03. The monoisotopic (exact) mass is 361 g/mol. The Kier molecular flexibility index (Phi) is 4.75. The van der Waals surface area contributed by atoms with Gasteiger partial charge in [0, 0.05) is 17.7 Å². The van der Waals surface area contributed by atoms with Crippen LogP contribution in [0.5, 0.6) is 0 Å². The summed E-state index contributed by atoms with van der Waals surface area (Å²) in [5.41, 5.74) is 4.03. The van der Waals surface area contributed by atoms with Crippen LogP contribution in [0.2, 0.25) is 0 Å². The van der Waals surface area contributed by atoms with Crippen molar-refractivity contribution in [2.75, 3.05) is 6.54 Å². The summed E-state index contributed by atoms with van der Waals surface area (Å²) in [5, 5.41) is 4.13. The molecule has 1 amide bonds. The van der Waals surface area contributed by atoms with Crippen LogP contribution >= 0.6 is 0 Å². The summed E-state index contributed by atoms with van der Waals surface area (Å²) in [6, 6.07) is 15.7. The molecule has 27 heavy (non-hydrogen) atoms. The van der Waals surface area contributed by atoms with Crippen LogP contribution in [0.25, 0.3) is 11.4 Å². The first-order valence-electron chi connectivity index (χ1n) is 9.46. The van der Waals surface area contributed by atoms with E-state index in [1.807, 2.05) is 60.4 Å². The van der Waals surface area contributed by atoms with Crippen molar-refractivity contribution in [3.8, 4) is 11.4 Å². The van der Waals surface area contributed by atoms with Crippen molar-refractivity contribution in [1.82, 2.24) is 15.0 Å². The lowest BCUT2D eigenvalue weighted by Gasteiger charge is -2.22. The third-order valence-corrected chi connectivity index (χ3v) is 5.16. The van der Waals surface area contributed by atoms with E-state index in [-0.39, 0.29) is 11.9 Å². The highest BCUT2D eigenvalue weighted by molar-refractivity contribution is 5.94. The van der Waals surface area contributed by atoms with Crippen molar-refractivity contribution in [3.63, 3.8) is 0 Å². The molecule has 0 N–H and O–H groups in total. The van der Waals surface area contributed by atoms with Gasteiger partial charge in [0.05, 0.1) is 0 Å². The summed E-state index contributed by atoms with van der Waals surface area (Å²) in [6.45, 7) is 4.86. The number of aromatic nitrogens is 2. The highest BCUT2D eigenvalue weighted by Crippen LogP contribution is 2.33. The van der Waals surface area contributed by atoms with E-state index in [1.54, 1.807) is 0 Å². The Morgan fingerprint density at radius 2 is 1.89 bits per heavy atom. The van der Waals surface area contributed by atoms with Crippen LogP contribution in [0, 0.1) is 6.92 Å². The Morgan fingerprint density at radius 3 is 2.59 bits per heavy atom. The number of hydrogen-bond donors (Lipinski definition) is 0. The molecule has 2 heterocycles. The lowest BCUT2D eigenvalue weighted by atomic mass is 10.1. The largest absolute Gasteiger partial charge is 0.337 e. The Hall–Kier alpha value is -2.95. The number of aryl methyl sites for hydroxylation is 2. The highest BCUT2D eigenvalue weighted by Gasteiger charge is 2.34. The molecule has 0 aliphatic carbocycles. The molecule has 3 aromatic rings. The summed E-state index contributed by atoms with van der Waals surface area (Å²) in [4.78, 5) is 19.4. The predicted molar refractivity (Wildman–Crippen MR) is 103 cm³/mol. The molecule has 1 saturated heterocycles. The first-order valence-corrected chi connectivity index (χ1v) is 9.46. The van der Waals surface area contributed by atoms with E-state index in [0.717, 1.165) is 24.8 Å². The van der Waals surface area contributed by atoms with Gasteiger partial charge in [0.1, 0.15) is 6.04 Å². The number of benzene rings is 2. The van der Waals surface area contributed by atoms with E-state index in [1.165, 1.54) is 11.1 Å². The molecule has 5 nitrogen and oxygen atoms in total. The van der Waals surface area contributed by atoms with Crippen LogP contribution in [0.1, 0.15) is 53.2 Å². The van der Waals surface area contributed by atoms with Crippen molar-refractivity contribution in [1.29, 1.82) is 0 Å². The third-order valence-electron chi connectivity index (χ3n) is 5.16. The van der Waals surface area contributed by atoms with Crippen LogP contribution < -0.4 is 0 Å². The minimum absolute atomic E-state index is 0.0234. The van der Waals surface area contributed by atoms with Crippen molar-refractivity contribution in [2.45, 2.75) is 39.2 Å². The fourth-order valence-corrected chi connectivity index (χ4v) is 3.51. The number of nitrogens with zero attached hydrogens (tertiary/aromatic N) is 3. The van der Waals surface area contributed by atoms with Crippen LogP contribution in [0.15, 0.2) is 53.1 Å². The molecule has 0 unspecified atom stereocenters. The van der Waals surface area contributed by atoms with Gasteiger partial charge in [-0.25, -0.2) is 0 Å². The van der Waals surface area contributed by atoms with Gasteiger partial charge in [0.2, 0.25) is 11.7 Å². The summed E-state index contributed by atoms with van der Waals surface area (Å²) < 4.78 is 5.53. The van der Waals surface area contributed by atoms with Crippen molar-refractivity contribution >= 4 is 5.91 Å². The minimum Gasteiger partial charge on any atom is -0.337 e. The zero-order valence-corrected chi connectivity index (χ0v) is 15.7. The average molecular weight is 361 g/mol. The van der Waals surface area contributed by atoms with Crippen LogP contribution in [0.3, 0.4) is 0 Å². The second kappa shape index (κ2) is 7.35. The Balaban J connectivity index is 1.56. The Bertz CT molecular complexity index is 929. The number of rotatable bonds is 4. The van der Waals surface area contributed by atoms with E-state index in [2.05, 4.69) is 17.1 Å². The Morgan fingerprint density at radius 1 is 1.15 bits per heavy atom. The maximum absolute atomic E-state index is 13.0. The number of carbonyl (C=O) groups excluding carboxylic acids is 1. The van der Waals surface area contributed by atoms with Gasteiger partial charge in [0.25, 0.3) is 5.91 Å². The standard InChI is InChI=1S/C22H23N3O2/c1-3-16-8-12-18(13-9-16)22(26)25-14-4-5-19(25)21-23-20(24-27-21)17-10-6-15(2)7-11-17/h6-13,19H,3-5,14H2,1-2H3/t19-/m0/s1. The Labute approximate surface area is 159 Å². The molecular formula is C22H23N3O2. The molecule has 0 spiro atoms. The van der Waals surface area contributed by atoms with Gasteiger partial charge < -0.3 is 9.42 Å². The average Bonchev–Trinajstić information content (AvgIpc) is 3.37. The molecule has 1 atom stereocenters. The predicted octanol–water partition coefficient (Wildman–Crippen LogP) is 4.58. The molecule has 5 heteroatoms. The van der Waals surface area contributed by atoms with Gasteiger partial charge in [-0.3, -0.25) is 4.79 Å². The molecule has 0 radical (unpaired) electrons. The van der Waals surface area contributed by atoms with Gasteiger partial charge >= 0.3 is 0 Å². The molecular weight excluding hydrogens is 338 g/mol. The fourth-order valence-electron chi connectivity index (χ4n) is 3.51. The SMILES string of the molecule is CCc1ccc(C(=O)N2CCC[C@H]2c2nc(-c3ccc(C)cc3)no2)cc1. The summed E-state index contributed by atoms with van der Waals surface area (Å²) in [5.74, 6) is 1.11. The second-order valence-electron chi connectivity index (χ2n) is 7.03. The zero-order valence-electron chi connectivity index (χ0n) is 15.7. The summed E-state index contributed by atoms with van der Waals surface area (Å²) >= 11 is 0. The van der Waals surface area contributed by atoms with E-state index in [0.29, 0.717) is 23.8 Å². The molecule has 0 saturated carbocycles. The van der Waals surface area contributed by atoms with Gasteiger partial charge in [-0.05, 0) is 43.9 Å². The first kappa shape index (κ1) is 17.5. The molecule has 2 aromatic carbocycles. The number of likely N-dealkylation sites (tertiary alicyclic amines) is 1. The lowest BCUT2D eigenvalue weighted by Crippen LogP contribution is -2.30. The van der Waals surface area contributed by atoms with E-state index >= 15 is 0 Å². The van der Waals surface area contributed by atoms with Gasteiger partial charge in [-0.1, -0.05) is 54.0 Å². The van der Waals surface area contributed by atoms with Crippen LogP contribution in [-0.2, 0) is 6.42 Å². The molecule has 0 bridgehead atoms. The molecule has 1 aliphatic rings. The topological polar surface area (TPSA) is 59.2 Å². The fraction of sp³-hybridized carbons (Fsp3) is 0.318. The first-order chi connectivity index (χ1) is 13.2. The smallest absolute Gasteiger partial charge is 0.254 e. The van der Waals surface area contributed by atoms with Crippen molar-refractivity contribution in [2.24, 2.45) is 0 Å². The number of hydrogen-bond acceptors (Lipinski definition) is 4. The summed E-state index contributed by atoms with van der Waals surface area (Å²) in [7, 11) is 0. The van der Waals surface area contributed by atoms with Crippen molar-refractivity contribution in [3.05, 3.63) is 71.1 Å². The van der Waals surface area contributed by atoms with Crippen molar-refractivity contribution < 1.29 is 9.32 Å². The molecule has 1 fully saturated rings. The molecule has 4 rings (SSSR count). The highest BCUT2D eigenvalue weighted by atomic mass is 16.5. The molecule has 138 valence electrons. The molecule has 1 aromatic heterocycles. The quantitative estimate of drug-likeness (QED) is 0.682. The zero-order chi connectivity index (χ0) is 18.8. The minimum atomic E-state index is -0.157. The molecule has 1 aliphatic heterocycles. The van der Waals surface area contributed by atoms with E-state index in [4.69, 9.17) is 4.52 Å². The summed E-state index contributed by atoms with van der Waals surface area (Å²) in [6.07, 6.45) is 2.74. The van der Waals surface area contributed by atoms with Gasteiger partial charge in [-0.15, -0.1) is 0 Å². The van der Waals surface area contributed by atoms with E-state index < -0.39 is 0 Å².